The molecule has 400 valence electrons. The molecule has 0 radical (unpaired) electrons. The van der Waals surface area contributed by atoms with Gasteiger partial charge in [0.25, 0.3) is 0 Å². The average molecular weight is 949 g/mol. The lowest BCUT2D eigenvalue weighted by molar-refractivity contribution is -0.143. The second-order valence-corrected chi connectivity index (χ2v) is 21.4. The van der Waals surface area contributed by atoms with Crippen LogP contribution in [0, 0.1) is 0 Å². The number of ether oxygens (including phenoxy) is 1. The standard InChI is InChI=1S/C61H121NO5/c1-3-5-7-9-11-13-15-16-17-24-27-30-34-37-41-45-49-53-59(64)58(57-63)62-60(65)54-50-46-42-38-35-31-28-25-22-20-18-19-21-23-26-29-32-36-40-44-48-52-56-67-61(66)55-51-47-43-39-33-14-12-10-8-6-4-2/h58-59,63-64H,3-57H2,1-2H3,(H,62,65). The van der Waals surface area contributed by atoms with Gasteiger partial charge in [0.1, 0.15) is 0 Å². The smallest absolute Gasteiger partial charge is 0.305 e. The summed E-state index contributed by atoms with van der Waals surface area (Å²) in [5.74, 6) is -0.0175. The predicted molar refractivity (Wildman–Crippen MR) is 292 cm³/mol. The molecule has 0 aliphatic heterocycles. The summed E-state index contributed by atoms with van der Waals surface area (Å²) in [7, 11) is 0. The van der Waals surface area contributed by atoms with E-state index in [2.05, 4.69) is 19.2 Å². The van der Waals surface area contributed by atoms with Crippen LogP contribution in [-0.2, 0) is 14.3 Å². The number of carbonyl (C=O) groups is 2. The van der Waals surface area contributed by atoms with Crippen molar-refractivity contribution in [1.29, 1.82) is 0 Å². The Morgan fingerprint density at radius 1 is 0.358 bits per heavy atom. The monoisotopic (exact) mass is 948 g/mol. The number of esters is 1. The van der Waals surface area contributed by atoms with E-state index in [-0.39, 0.29) is 18.5 Å². The Morgan fingerprint density at radius 3 is 0.910 bits per heavy atom. The number of hydrogen-bond acceptors (Lipinski definition) is 5. The van der Waals surface area contributed by atoms with Crippen LogP contribution in [0.15, 0.2) is 0 Å². The zero-order chi connectivity index (χ0) is 48.6. The fourth-order valence-corrected chi connectivity index (χ4v) is 9.94. The fourth-order valence-electron chi connectivity index (χ4n) is 9.94. The van der Waals surface area contributed by atoms with E-state index >= 15 is 0 Å². The van der Waals surface area contributed by atoms with Crippen molar-refractivity contribution in [3.8, 4) is 0 Å². The first kappa shape index (κ1) is 65.9. The minimum atomic E-state index is -0.663. The molecule has 0 aromatic rings. The number of carbonyl (C=O) groups excluding carboxylic acids is 2. The molecule has 0 saturated carbocycles. The van der Waals surface area contributed by atoms with E-state index in [1.54, 1.807) is 0 Å². The Hall–Kier alpha value is -1.14. The zero-order valence-electron chi connectivity index (χ0n) is 45.7. The van der Waals surface area contributed by atoms with Gasteiger partial charge in [0.15, 0.2) is 0 Å². The van der Waals surface area contributed by atoms with Gasteiger partial charge in [-0.1, -0.05) is 316 Å². The van der Waals surface area contributed by atoms with Crippen molar-refractivity contribution >= 4 is 11.9 Å². The normalized spacial score (nSPS) is 12.5. The Morgan fingerprint density at radius 2 is 0.612 bits per heavy atom. The van der Waals surface area contributed by atoms with E-state index in [0.29, 0.717) is 25.9 Å². The first-order valence-corrected chi connectivity index (χ1v) is 30.8. The van der Waals surface area contributed by atoms with Crippen LogP contribution in [-0.4, -0.2) is 47.4 Å². The summed E-state index contributed by atoms with van der Waals surface area (Å²) >= 11 is 0. The van der Waals surface area contributed by atoms with Gasteiger partial charge in [-0.3, -0.25) is 9.59 Å². The highest BCUT2D eigenvalue weighted by Gasteiger charge is 2.20. The Kier molecular flexibility index (Phi) is 56.5. The van der Waals surface area contributed by atoms with E-state index < -0.39 is 12.1 Å². The molecule has 67 heavy (non-hydrogen) atoms. The fraction of sp³-hybridized carbons (Fsp3) is 0.967. The van der Waals surface area contributed by atoms with E-state index in [0.717, 1.165) is 38.5 Å². The number of aliphatic hydroxyl groups is 2. The summed E-state index contributed by atoms with van der Waals surface area (Å²) in [5, 5.41) is 23.3. The molecule has 6 heteroatoms. The lowest BCUT2D eigenvalue weighted by Gasteiger charge is -2.22. The SMILES string of the molecule is CCCCCCCCCCCCCCCCCCCC(O)C(CO)NC(=O)CCCCCCCCCCCCCCCCCCCCCCCCOC(=O)CCCCCCCCCCCCC. The maximum absolute atomic E-state index is 12.5. The molecule has 0 aromatic carbocycles. The highest BCUT2D eigenvalue weighted by Crippen LogP contribution is 2.18. The highest BCUT2D eigenvalue weighted by molar-refractivity contribution is 5.76. The summed E-state index contributed by atoms with van der Waals surface area (Å²) in [6, 6.07) is -0.540. The Balaban J connectivity index is 3.37. The average Bonchev–Trinajstić information content (AvgIpc) is 3.33. The van der Waals surface area contributed by atoms with Gasteiger partial charge in [0.05, 0.1) is 25.4 Å². The van der Waals surface area contributed by atoms with E-state index in [9.17, 15) is 19.8 Å². The zero-order valence-corrected chi connectivity index (χ0v) is 45.7. The molecule has 0 aromatic heterocycles. The highest BCUT2D eigenvalue weighted by atomic mass is 16.5. The third kappa shape index (κ3) is 54.0. The van der Waals surface area contributed by atoms with Crippen LogP contribution in [0.4, 0.5) is 0 Å². The second-order valence-electron chi connectivity index (χ2n) is 21.4. The lowest BCUT2D eigenvalue weighted by atomic mass is 10.0. The van der Waals surface area contributed by atoms with E-state index in [1.807, 2.05) is 0 Å². The number of unbranched alkanes of at least 4 members (excludes halogenated alkanes) is 47. The van der Waals surface area contributed by atoms with Crippen molar-refractivity contribution in [3.63, 3.8) is 0 Å². The van der Waals surface area contributed by atoms with Crippen LogP contribution in [0.3, 0.4) is 0 Å². The molecule has 0 spiro atoms. The van der Waals surface area contributed by atoms with Gasteiger partial charge in [-0.2, -0.15) is 0 Å². The van der Waals surface area contributed by atoms with Gasteiger partial charge in [0.2, 0.25) is 5.91 Å². The first-order valence-electron chi connectivity index (χ1n) is 30.8. The third-order valence-electron chi connectivity index (χ3n) is 14.7. The second kappa shape index (κ2) is 57.4. The number of rotatable bonds is 58. The summed E-state index contributed by atoms with van der Waals surface area (Å²) in [4.78, 5) is 24.5. The van der Waals surface area contributed by atoms with Gasteiger partial charge in [0, 0.05) is 12.8 Å². The van der Waals surface area contributed by atoms with Gasteiger partial charge in [-0.15, -0.1) is 0 Å². The molecule has 0 bridgehead atoms. The van der Waals surface area contributed by atoms with Crippen molar-refractivity contribution in [3.05, 3.63) is 0 Å². The summed E-state index contributed by atoms with van der Waals surface area (Å²) in [6.07, 6.45) is 66.8. The quantitative estimate of drug-likeness (QED) is 0.0417. The molecule has 0 rings (SSSR count). The summed E-state index contributed by atoms with van der Waals surface area (Å²) in [5.41, 5.74) is 0. The molecule has 2 atom stereocenters. The van der Waals surface area contributed by atoms with Crippen LogP contribution in [0.1, 0.15) is 354 Å². The summed E-state index contributed by atoms with van der Waals surface area (Å²) in [6.45, 7) is 4.98. The van der Waals surface area contributed by atoms with Gasteiger partial charge in [-0.05, 0) is 25.7 Å². The molecular weight excluding hydrogens is 827 g/mol. The molecule has 1 amide bonds. The number of amides is 1. The van der Waals surface area contributed by atoms with Crippen molar-refractivity contribution in [2.24, 2.45) is 0 Å². The van der Waals surface area contributed by atoms with E-state index in [1.165, 1.54) is 283 Å². The molecule has 0 heterocycles. The predicted octanol–water partition coefficient (Wildman–Crippen LogP) is 19.1. The third-order valence-corrected chi connectivity index (χ3v) is 14.7. The van der Waals surface area contributed by atoms with Crippen LogP contribution in [0.2, 0.25) is 0 Å². The molecule has 6 nitrogen and oxygen atoms in total. The Bertz CT molecular complexity index is 959. The topological polar surface area (TPSA) is 95.9 Å². The van der Waals surface area contributed by atoms with E-state index in [4.69, 9.17) is 4.74 Å². The van der Waals surface area contributed by atoms with Crippen molar-refractivity contribution in [1.82, 2.24) is 5.32 Å². The van der Waals surface area contributed by atoms with Crippen molar-refractivity contribution in [2.45, 2.75) is 366 Å². The minimum absolute atomic E-state index is 0.0139. The van der Waals surface area contributed by atoms with Crippen LogP contribution in [0.25, 0.3) is 0 Å². The number of hydrogen-bond donors (Lipinski definition) is 3. The molecule has 0 saturated heterocycles. The van der Waals surface area contributed by atoms with Crippen molar-refractivity contribution in [2.75, 3.05) is 13.2 Å². The molecule has 2 unspecified atom stereocenters. The number of nitrogens with one attached hydrogen (secondary N) is 1. The first-order chi connectivity index (χ1) is 33.0. The van der Waals surface area contributed by atoms with Crippen LogP contribution in [0.5, 0.6) is 0 Å². The number of aliphatic hydroxyl groups excluding tert-OH is 2. The van der Waals surface area contributed by atoms with Crippen molar-refractivity contribution < 1.29 is 24.5 Å². The minimum Gasteiger partial charge on any atom is -0.466 e. The Labute approximate surface area is 419 Å². The molecule has 0 aliphatic rings. The lowest BCUT2D eigenvalue weighted by Crippen LogP contribution is -2.45. The van der Waals surface area contributed by atoms with Gasteiger partial charge >= 0.3 is 5.97 Å². The van der Waals surface area contributed by atoms with Gasteiger partial charge < -0.3 is 20.3 Å². The molecule has 0 fully saturated rings. The maximum atomic E-state index is 12.5. The maximum Gasteiger partial charge on any atom is 0.305 e. The molecular formula is C61H121NO5. The molecule has 3 N–H and O–H groups in total. The van der Waals surface area contributed by atoms with Crippen LogP contribution >= 0.6 is 0 Å². The van der Waals surface area contributed by atoms with Crippen LogP contribution < -0.4 is 5.32 Å². The van der Waals surface area contributed by atoms with Gasteiger partial charge in [-0.25, -0.2) is 0 Å². The largest absolute Gasteiger partial charge is 0.466 e. The summed E-state index contributed by atoms with van der Waals surface area (Å²) < 4.78 is 5.47. The molecule has 0 aliphatic carbocycles.